The van der Waals surface area contributed by atoms with Crippen LogP contribution in [0.2, 0.25) is 0 Å². The van der Waals surface area contributed by atoms with Gasteiger partial charge >= 0.3 is 0 Å². The predicted octanol–water partition coefficient (Wildman–Crippen LogP) is 6.67. The Bertz CT molecular complexity index is 1670. The molecule has 0 fully saturated rings. The number of aromatic nitrogens is 2. The lowest BCUT2D eigenvalue weighted by Gasteiger charge is -2.05. The number of anilines is 1. The van der Waals surface area contributed by atoms with Crippen LogP contribution in [0.15, 0.2) is 77.2 Å². The lowest BCUT2D eigenvalue weighted by molar-refractivity contribution is 0.0999. The number of pyridine rings is 1. The van der Waals surface area contributed by atoms with Crippen LogP contribution < -0.4 is 5.32 Å². The van der Waals surface area contributed by atoms with Crippen molar-refractivity contribution in [2.75, 3.05) is 5.32 Å². The average molecular weight is 419 g/mol. The summed E-state index contributed by atoms with van der Waals surface area (Å²) in [4.78, 5) is 17.7. The molecule has 5 nitrogen and oxygen atoms in total. The summed E-state index contributed by atoms with van der Waals surface area (Å²) in [6.07, 6.45) is 0. The van der Waals surface area contributed by atoms with Gasteiger partial charge in [-0.15, -0.1) is 0 Å². The molecule has 3 aromatic heterocycles. The quantitative estimate of drug-likeness (QED) is 0.348. The van der Waals surface area contributed by atoms with Gasteiger partial charge in [0.25, 0.3) is 5.91 Å². The van der Waals surface area contributed by atoms with E-state index < -0.39 is 0 Å². The Balaban J connectivity index is 1.42. The van der Waals surface area contributed by atoms with E-state index in [2.05, 4.69) is 46.1 Å². The van der Waals surface area contributed by atoms with Gasteiger partial charge in [0.2, 0.25) is 0 Å². The van der Waals surface area contributed by atoms with Crippen LogP contribution in [0.3, 0.4) is 0 Å². The molecule has 0 aliphatic heterocycles. The van der Waals surface area contributed by atoms with Crippen LogP contribution in [-0.4, -0.2) is 15.5 Å². The molecule has 0 atom stereocenters. The molecule has 0 unspecified atom stereocenters. The van der Waals surface area contributed by atoms with Gasteiger partial charge in [0.15, 0.2) is 5.76 Å². The topological polar surface area (TPSA) is 60.1 Å². The molecule has 0 spiro atoms. The number of fused-ring (bicyclic) bond motifs is 6. The number of rotatable bonds is 3. The zero-order valence-electron chi connectivity index (χ0n) is 17.8. The normalized spacial score (nSPS) is 11.7. The van der Waals surface area contributed by atoms with Gasteiger partial charge in [-0.1, -0.05) is 30.3 Å². The summed E-state index contributed by atoms with van der Waals surface area (Å²) in [5.41, 5.74) is 5.48. The van der Waals surface area contributed by atoms with Crippen molar-refractivity contribution in [1.29, 1.82) is 0 Å². The van der Waals surface area contributed by atoms with Gasteiger partial charge in [0.1, 0.15) is 5.58 Å². The minimum Gasteiger partial charge on any atom is -0.450 e. The van der Waals surface area contributed by atoms with Crippen molar-refractivity contribution in [3.63, 3.8) is 0 Å². The van der Waals surface area contributed by atoms with Crippen molar-refractivity contribution < 1.29 is 9.21 Å². The molecule has 0 aliphatic rings. The first-order chi connectivity index (χ1) is 15.6. The van der Waals surface area contributed by atoms with E-state index in [0.717, 1.165) is 45.1 Å². The number of benzene rings is 3. The third-order valence-electron chi connectivity index (χ3n) is 6.13. The summed E-state index contributed by atoms with van der Waals surface area (Å²) in [5, 5.41) is 7.07. The van der Waals surface area contributed by atoms with E-state index in [1.54, 1.807) is 6.07 Å². The molecule has 3 aromatic carbocycles. The Kier molecular flexibility index (Phi) is 4.05. The van der Waals surface area contributed by atoms with E-state index in [1.807, 2.05) is 49.4 Å². The summed E-state index contributed by atoms with van der Waals surface area (Å²) < 4.78 is 8.31. The molecular formula is C27H21N3O2. The van der Waals surface area contributed by atoms with Crippen LogP contribution in [0.1, 0.15) is 23.2 Å². The molecular weight excluding hydrogens is 398 g/mol. The van der Waals surface area contributed by atoms with Gasteiger partial charge in [-0.3, -0.25) is 9.78 Å². The van der Waals surface area contributed by atoms with E-state index >= 15 is 0 Å². The predicted molar refractivity (Wildman–Crippen MR) is 129 cm³/mol. The molecule has 3 heterocycles. The molecule has 156 valence electrons. The molecule has 0 radical (unpaired) electrons. The number of carbonyl (C=O) groups is 1. The fourth-order valence-electron chi connectivity index (χ4n) is 4.64. The molecule has 1 amide bonds. The standard InChI is InChI=1S/C27H21N3O2/c1-3-30-23-11-7-5-8-18(23)21-14-17(12-13-24(21)30)29-27(31)25-15-20-16(2)28-22-10-6-4-9-19(22)26(20)32-25/h4-15H,3H2,1-2H3,(H,29,31). The second-order valence-electron chi connectivity index (χ2n) is 8.02. The molecule has 6 aromatic rings. The maximum absolute atomic E-state index is 13.1. The van der Waals surface area contributed by atoms with Gasteiger partial charge < -0.3 is 14.3 Å². The number of carbonyl (C=O) groups excluding carboxylic acids is 1. The first-order valence-corrected chi connectivity index (χ1v) is 10.8. The lowest BCUT2D eigenvalue weighted by atomic mass is 10.1. The zero-order chi connectivity index (χ0) is 21.8. The second kappa shape index (κ2) is 6.95. The number of aryl methyl sites for hydroxylation is 2. The van der Waals surface area contributed by atoms with Gasteiger partial charge in [-0.2, -0.15) is 0 Å². The van der Waals surface area contributed by atoms with Crippen LogP contribution in [0, 0.1) is 6.92 Å². The van der Waals surface area contributed by atoms with Crippen LogP contribution in [0.25, 0.3) is 43.7 Å². The summed E-state index contributed by atoms with van der Waals surface area (Å²) >= 11 is 0. The van der Waals surface area contributed by atoms with Crippen molar-refractivity contribution >= 4 is 55.3 Å². The smallest absolute Gasteiger partial charge is 0.291 e. The summed E-state index contributed by atoms with van der Waals surface area (Å²) in [7, 11) is 0. The first kappa shape index (κ1) is 18.6. The number of nitrogens with zero attached hydrogens (tertiary/aromatic N) is 2. The number of hydrogen-bond acceptors (Lipinski definition) is 3. The summed E-state index contributed by atoms with van der Waals surface area (Å²) in [6, 6.07) is 24.0. The SMILES string of the molecule is CCn1c2ccccc2c2cc(NC(=O)c3cc4c(C)nc5ccccc5c4o3)ccc21. The third kappa shape index (κ3) is 2.71. The molecule has 0 saturated carbocycles. The van der Waals surface area contributed by atoms with Crippen molar-refractivity contribution in [2.24, 2.45) is 0 Å². The molecule has 32 heavy (non-hydrogen) atoms. The van der Waals surface area contributed by atoms with Gasteiger partial charge in [-0.05, 0) is 56.3 Å². The second-order valence-corrected chi connectivity index (χ2v) is 8.02. The number of furan rings is 1. The number of amides is 1. The fourth-order valence-corrected chi connectivity index (χ4v) is 4.64. The monoisotopic (exact) mass is 419 g/mol. The Morgan fingerprint density at radius 2 is 1.66 bits per heavy atom. The summed E-state index contributed by atoms with van der Waals surface area (Å²) in [5.74, 6) is 0.000553. The van der Waals surface area contributed by atoms with Crippen molar-refractivity contribution in [3.05, 3.63) is 84.3 Å². The Morgan fingerprint density at radius 1 is 0.906 bits per heavy atom. The maximum atomic E-state index is 13.1. The number of hydrogen-bond donors (Lipinski definition) is 1. The van der Waals surface area contributed by atoms with Crippen LogP contribution in [0.5, 0.6) is 0 Å². The minimum atomic E-state index is -0.275. The Hall–Kier alpha value is -4.12. The number of para-hydroxylation sites is 2. The molecule has 0 bridgehead atoms. The highest BCUT2D eigenvalue weighted by Gasteiger charge is 2.17. The third-order valence-corrected chi connectivity index (χ3v) is 6.13. The van der Waals surface area contributed by atoms with Crippen LogP contribution >= 0.6 is 0 Å². The molecule has 1 N–H and O–H groups in total. The molecule has 0 aliphatic carbocycles. The highest BCUT2D eigenvalue weighted by Crippen LogP contribution is 2.32. The Morgan fingerprint density at radius 3 is 2.50 bits per heavy atom. The maximum Gasteiger partial charge on any atom is 0.291 e. The molecule has 6 rings (SSSR count). The van der Waals surface area contributed by atoms with Crippen molar-refractivity contribution in [1.82, 2.24) is 9.55 Å². The van der Waals surface area contributed by atoms with Gasteiger partial charge in [0, 0.05) is 50.5 Å². The summed E-state index contributed by atoms with van der Waals surface area (Å²) in [6.45, 7) is 4.96. The van der Waals surface area contributed by atoms with Crippen molar-refractivity contribution in [2.45, 2.75) is 20.4 Å². The van der Waals surface area contributed by atoms with Crippen LogP contribution in [-0.2, 0) is 6.54 Å². The minimum absolute atomic E-state index is 0.275. The first-order valence-electron chi connectivity index (χ1n) is 10.8. The largest absolute Gasteiger partial charge is 0.450 e. The fraction of sp³-hybridized carbons (Fsp3) is 0.111. The van der Waals surface area contributed by atoms with Gasteiger partial charge in [0.05, 0.1) is 5.52 Å². The van der Waals surface area contributed by atoms with E-state index in [4.69, 9.17) is 4.42 Å². The zero-order valence-corrected chi connectivity index (χ0v) is 17.8. The highest BCUT2D eigenvalue weighted by atomic mass is 16.3. The van der Waals surface area contributed by atoms with E-state index in [9.17, 15) is 4.79 Å². The number of nitrogens with one attached hydrogen (secondary N) is 1. The highest BCUT2D eigenvalue weighted by molar-refractivity contribution is 6.12. The average Bonchev–Trinajstić information content (AvgIpc) is 3.40. The molecule has 0 saturated heterocycles. The van der Waals surface area contributed by atoms with Crippen molar-refractivity contribution in [3.8, 4) is 0 Å². The Labute approximate surface area is 184 Å². The van der Waals surface area contributed by atoms with Crippen LogP contribution in [0.4, 0.5) is 5.69 Å². The van der Waals surface area contributed by atoms with E-state index in [-0.39, 0.29) is 11.7 Å². The molecule has 5 heteroatoms. The van der Waals surface area contributed by atoms with E-state index in [0.29, 0.717) is 5.58 Å². The van der Waals surface area contributed by atoms with E-state index in [1.165, 1.54) is 10.9 Å². The van der Waals surface area contributed by atoms with Gasteiger partial charge in [-0.25, -0.2) is 0 Å². The lowest BCUT2D eigenvalue weighted by Crippen LogP contribution is -2.10.